The second-order valence-corrected chi connectivity index (χ2v) is 7.27. The molecular weight excluding hydrogens is 384 g/mol. The molecule has 5 rings (SSSR count). The van der Waals surface area contributed by atoms with Gasteiger partial charge in [-0.05, 0) is 25.1 Å². The fourth-order valence-electron chi connectivity index (χ4n) is 3.53. The van der Waals surface area contributed by atoms with Gasteiger partial charge < -0.3 is 4.74 Å². The maximum absolute atomic E-state index is 6.95. The molecule has 2 aliphatic rings. The molecule has 0 amide bonds. The minimum Gasteiger partial charge on any atom is -0.474 e. The van der Waals surface area contributed by atoms with E-state index in [9.17, 15) is 0 Å². The van der Waals surface area contributed by atoms with Crippen LogP contribution in [-0.2, 0) is 4.74 Å². The molecule has 0 fully saturated rings. The van der Waals surface area contributed by atoms with E-state index >= 15 is 0 Å². The van der Waals surface area contributed by atoms with Gasteiger partial charge in [0.15, 0.2) is 11.8 Å². The second kappa shape index (κ2) is 6.95. The van der Waals surface area contributed by atoms with Gasteiger partial charge in [0.25, 0.3) is 11.7 Å². The van der Waals surface area contributed by atoms with Crippen molar-refractivity contribution < 1.29 is 8.74 Å². The summed E-state index contributed by atoms with van der Waals surface area (Å²) in [5.74, 6) is 1.16. The van der Waals surface area contributed by atoms with Crippen molar-refractivity contribution in [1.82, 2.24) is 4.98 Å². The predicted octanol–water partition coefficient (Wildman–Crippen LogP) is 5.39. The summed E-state index contributed by atoms with van der Waals surface area (Å²) in [6, 6.07) is 20.3. The molecule has 5 nitrogen and oxygen atoms in total. The number of nitrogens with zero attached hydrogens (tertiary/aromatic N) is 4. The molecule has 2 aliphatic heterocycles. The number of aromatic nitrogens is 1. The number of allylic oxidation sites excluding steroid dienone is 1. The Morgan fingerprint density at radius 2 is 1.83 bits per heavy atom. The molecule has 6 heteroatoms. The van der Waals surface area contributed by atoms with E-state index in [0.29, 0.717) is 24.0 Å². The number of fused-ring (bicyclic) bond motifs is 2. The largest absolute Gasteiger partial charge is 0.474 e. The van der Waals surface area contributed by atoms with Crippen LogP contribution in [0.4, 0.5) is 0 Å². The zero-order valence-electron chi connectivity index (χ0n) is 15.8. The first-order chi connectivity index (χ1) is 14.2. The molecule has 29 heavy (non-hydrogen) atoms. The average molecular weight is 402 g/mol. The third kappa shape index (κ3) is 2.95. The summed E-state index contributed by atoms with van der Waals surface area (Å²) in [7, 11) is 0. The van der Waals surface area contributed by atoms with Crippen LogP contribution in [0.25, 0.3) is 22.2 Å². The highest BCUT2D eigenvalue weighted by Crippen LogP contribution is 2.38. The van der Waals surface area contributed by atoms with E-state index in [-0.39, 0.29) is 4.00 Å². The molecule has 1 atom stereocenters. The van der Waals surface area contributed by atoms with Gasteiger partial charge in [-0.3, -0.25) is 4.99 Å². The van der Waals surface area contributed by atoms with Gasteiger partial charge in [0.2, 0.25) is 5.70 Å². The topological polar surface area (TPSA) is 46.8 Å². The SMILES string of the molecule is CCOC1=C2C=NC=C[N+]2(Cl)C(c2ccc3ccc(-c4ccccc4)nc3c2)=N1. The lowest BCUT2D eigenvalue weighted by atomic mass is 10.1. The highest BCUT2D eigenvalue weighted by Gasteiger charge is 2.47. The Kier molecular flexibility index (Phi) is 4.27. The van der Waals surface area contributed by atoms with Crippen molar-refractivity contribution >= 4 is 34.7 Å². The number of quaternary nitrogens is 1. The smallest absolute Gasteiger partial charge is 0.286 e. The summed E-state index contributed by atoms with van der Waals surface area (Å²) in [6.45, 7) is 2.43. The third-order valence-electron chi connectivity index (χ3n) is 4.94. The standard InChI is InChI=1S/C23H18ClN4O/c1-2-29-23-21-15-25-12-13-28(21,24)22(27-23)18-9-8-17-10-11-19(26-20(17)14-18)16-6-4-3-5-7-16/h3-15H,2H2,1H3/q+1. The Bertz CT molecular complexity index is 1230. The van der Waals surface area contributed by atoms with Gasteiger partial charge in [-0.2, -0.15) is 4.99 Å². The number of hydrogen-bond acceptors (Lipinski definition) is 4. The summed E-state index contributed by atoms with van der Waals surface area (Å²) in [5, 5.41) is 1.06. The number of halogens is 1. The Morgan fingerprint density at radius 1 is 1.00 bits per heavy atom. The van der Waals surface area contributed by atoms with Gasteiger partial charge in [0.1, 0.15) is 6.20 Å². The van der Waals surface area contributed by atoms with Crippen LogP contribution >= 0.6 is 11.8 Å². The first kappa shape index (κ1) is 17.8. The minimum atomic E-state index is -0.0945. The molecule has 0 spiro atoms. The lowest BCUT2D eigenvalue weighted by Crippen LogP contribution is -2.37. The minimum absolute atomic E-state index is 0.0945. The molecule has 2 aromatic carbocycles. The van der Waals surface area contributed by atoms with Crippen LogP contribution < -0.4 is 0 Å². The van der Waals surface area contributed by atoms with E-state index < -0.39 is 0 Å². The number of aliphatic imine (C=N–C) groups is 2. The summed E-state index contributed by atoms with van der Waals surface area (Å²) in [6.07, 6.45) is 5.16. The van der Waals surface area contributed by atoms with Gasteiger partial charge in [0, 0.05) is 10.9 Å². The van der Waals surface area contributed by atoms with Gasteiger partial charge in [0.05, 0.1) is 35.8 Å². The lowest BCUT2D eigenvalue weighted by molar-refractivity contribution is -0.600. The van der Waals surface area contributed by atoms with Crippen LogP contribution in [0.15, 0.2) is 94.6 Å². The van der Waals surface area contributed by atoms with Crippen LogP contribution in [0.5, 0.6) is 0 Å². The average Bonchev–Trinajstić information content (AvgIpc) is 3.06. The molecule has 0 saturated carbocycles. The van der Waals surface area contributed by atoms with E-state index in [4.69, 9.17) is 26.5 Å². The van der Waals surface area contributed by atoms with Crippen LogP contribution in [0, 0.1) is 0 Å². The summed E-state index contributed by atoms with van der Waals surface area (Å²) < 4.78 is 5.61. The van der Waals surface area contributed by atoms with Crippen LogP contribution in [0.3, 0.4) is 0 Å². The van der Waals surface area contributed by atoms with Crippen molar-refractivity contribution in [3.8, 4) is 11.3 Å². The van der Waals surface area contributed by atoms with Gasteiger partial charge in [-0.1, -0.05) is 42.5 Å². The van der Waals surface area contributed by atoms with Gasteiger partial charge >= 0.3 is 0 Å². The zero-order valence-corrected chi connectivity index (χ0v) is 16.5. The van der Waals surface area contributed by atoms with E-state index in [2.05, 4.69) is 23.2 Å². The van der Waals surface area contributed by atoms with Gasteiger partial charge in [-0.25, -0.2) is 4.98 Å². The summed E-state index contributed by atoms with van der Waals surface area (Å²) in [4.78, 5) is 13.8. The predicted molar refractivity (Wildman–Crippen MR) is 116 cm³/mol. The highest BCUT2D eigenvalue weighted by atomic mass is 35.5. The Labute approximate surface area is 173 Å². The van der Waals surface area contributed by atoms with Crippen LogP contribution in [0.1, 0.15) is 12.5 Å². The number of amidine groups is 1. The first-order valence-corrected chi connectivity index (χ1v) is 9.75. The van der Waals surface area contributed by atoms with Crippen molar-refractivity contribution in [2.24, 2.45) is 9.98 Å². The molecule has 3 heterocycles. The fourth-order valence-corrected chi connectivity index (χ4v) is 3.84. The van der Waals surface area contributed by atoms with E-state index in [0.717, 1.165) is 27.7 Å². The highest BCUT2D eigenvalue weighted by molar-refractivity contribution is 6.20. The number of benzene rings is 2. The lowest BCUT2D eigenvalue weighted by Gasteiger charge is -2.22. The molecule has 0 bridgehead atoms. The molecular formula is C23H18ClN4O+. The van der Waals surface area contributed by atoms with Crippen LogP contribution in [0.2, 0.25) is 0 Å². The molecule has 3 aromatic rings. The third-order valence-corrected chi connectivity index (χ3v) is 5.40. The van der Waals surface area contributed by atoms with E-state index in [1.165, 1.54) is 0 Å². The molecule has 0 saturated heterocycles. The number of pyridine rings is 1. The van der Waals surface area contributed by atoms with Crippen molar-refractivity contribution in [3.63, 3.8) is 0 Å². The normalized spacial score (nSPS) is 20.1. The van der Waals surface area contributed by atoms with Crippen molar-refractivity contribution in [1.29, 1.82) is 0 Å². The Balaban J connectivity index is 1.61. The molecule has 142 valence electrons. The molecule has 0 aliphatic carbocycles. The number of hydrogen-bond donors (Lipinski definition) is 0. The maximum Gasteiger partial charge on any atom is 0.286 e. The summed E-state index contributed by atoms with van der Waals surface area (Å²) >= 11 is 6.95. The second-order valence-electron chi connectivity index (χ2n) is 6.74. The molecule has 0 radical (unpaired) electrons. The Morgan fingerprint density at radius 3 is 2.66 bits per heavy atom. The monoisotopic (exact) mass is 401 g/mol. The van der Waals surface area contributed by atoms with Gasteiger partial charge in [-0.15, -0.1) is 4.00 Å². The first-order valence-electron chi connectivity index (χ1n) is 9.42. The van der Waals surface area contributed by atoms with Crippen molar-refractivity contribution in [2.75, 3.05) is 6.61 Å². The Hall–Kier alpha value is -3.28. The van der Waals surface area contributed by atoms with E-state index in [1.807, 2.05) is 49.4 Å². The van der Waals surface area contributed by atoms with Crippen LogP contribution in [-0.4, -0.2) is 27.6 Å². The number of ether oxygens (including phenoxy) is 1. The maximum atomic E-state index is 6.95. The van der Waals surface area contributed by atoms with Crippen molar-refractivity contribution in [2.45, 2.75) is 6.92 Å². The number of rotatable bonds is 4. The zero-order chi connectivity index (χ0) is 19.8. The fraction of sp³-hybridized carbons (Fsp3) is 0.0870. The molecule has 1 aromatic heterocycles. The van der Waals surface area contributed by atoms with E-state index in [1.54, 1.807) is 18.6 Å². The molecule has 1 unspecified atom stereocenters. The molecule has 0 N–H and O–H groups in total. The van der Waals surface area contributed by atoms with Crippen molar-refractivity contribution in [3.05, 3.63) is 90.2 Å². The quantitative estimate of drug-likeness (QED) is 0.550. The summed E-state index contributed by atoms with van der Waals surface area (Å²) in [5.41, 5.74) is 4.49.